The summed E-state index contributed by atoms with van der Waals surface area (Å²) in [5.74, 6) is -1.29. The summed E-state index contributed by atoms with van der Waals surface area (Å²) >= 11 is 0. The number of aromatic hydroxyl groups is 1. The molecule has 336 valence electrons. The van der Waals surface area contributed by atoms with Gasteiger partial charge in [0.2, 0.25) is 0 Å². The summed E-state index contributed by atoms with van der Waals surface area (Å²) < 4.78 is 47.0. The van der Waals surface area contributed by atoms with Crippen molar-refractivity contribution < 1.29 is 33.0 Å². The maximum absolute atomic E-state index is 12.3. The maximum atomic E-state index is 12.3. The van der Waals surface area contributed by atoms with Gasteiger partial charge in [-0.05, 0) is 123 Å². The van der Waals surface area contributed by atoms with E-state index in [4.69, 9.17) is 16.8 Å². The first-order valence-corrected chi connectivity index (χ1v) is 22.5. The van der Waals surface area contributed by atoms with Gasteiger partial charge in [0.25, 0.3) is 0 Å². The zero-order valence-corrected chi connectivity index (χ0v) is 42.1. The second-order valence-corrected chi connectivity index (χ2v) is 19.5. The van der Waals surface area contributed by atoms with Crippen molar-refractivity contribution >= 4 is 11.0 Å². The van der Waals surface area contributed by atoms with E-state index >= 15 is 0 Å². The minimum atomic E-state index is -2.59. The van der Waals surface area contributed by atoms with Gasteiger partial charge in [0, 0.05) is 39.8 Å². The minimum Gasteiger partial charge on any atom is -0.507 e. The number of phenols is 1. The van der Waals surface area contributed by atoms with Crippen molar-refractivity contribution in [3.63, 3.8) is 0 Å². The Morgan fingerprint density at radius 3 is 1.95 bits per heavy atom. The average molecular weight is 1040 g/mol. The number of hydrogen-bond donors (Lipinski definition) is 1. The Balaban J connectivity index is 0.00000722. The largest absolute Gasteiger partial charge is 0.507 e. The molecule has 5 heteroatoms. The number of fused-ring (bicyclic) bond motifs is 1. The first-order chi connectivity index (χ1) is 32.2. The van der Waals surface area contributed by atoms with Crippen LogP contribution in [0.4, 0.5) is 0 Å². The van der Waals surface area contributed by atoms with Gasteiger partial charge in [0.1, 0.15) is 11.6 Å². The molecule has 0 radical (unpaired) electrons. The van der Waals surface area contributed by atoms with Crippen molar-refractivity contribution in [1.82, 2.24) is 14.5 Å². The second kappa shape index (κ2) is 18.7. The molecule has 8 aromatic rings. The molecule has 0 fully saturated rings. The minimum absolute atomic E-state index is 0. The van der Waals surface area contributed by atoms with Crippen LogP contribution < -0.4 is 0 Å². The summed E-state index contributed by atoms with van der Waals surface area (Å²) in [5.41, 5.74) is 14.3. The van der Waals surface area contributed by atoms with Gasteiger partial charge in [-0.2, -0.15) is 0 Å². The molecule has 4 nitrogen and oxygen atoms in total. The molecule has 65 heavy (non-hydrogen) atoms. The molecule has 0 saturated carbocycles. The third kappa shape index (κ3) is 9.57. The van der Waals surface area contributed by atoms with Crippen molar-refractivity contribution in [2.75, 3.05) is 0 Å². The molecule has 2 heterocycles. The van der Waals surface area contributed by atoms with E-state index in [1.165, 1.54) is 5.56 Å². The third-order valence-electron chi connectivity index (χ3n) is 12.5. The van der Waals surface area contributed by atoms with Gasteiger partial charge in [0.15, 0.2) is 0 Å². The summed E-state index contributed by atoms with van der Waals surface area (Å²) in [4.78, 5) is 10.3. The number of rotatable bonds is 10. The third-order valence-corrected chi connectivity index (χ3v) is 12.5. The number of pyridine rings is 1. The first-order valence-electron chi connectivity index (χ1n) is 25.0. The van der Waals surface area contributed by atoms with Crippen LogP contribution in [0.3, 0.4) is 0 Å². The molecule has 0 spiro atoms. The molecular formula is C60H64N3OPt-. The van der Waals surface area contributed by atoms with Gasteiger partial charge in [0.05, 0.1) is 22.3 Å². The zero-order valence-electron chi connectivity index (χ0n) is 44.8. The molecule has 0 atom stereocenters. The number of imidazole rings is 1. The van der Waals surface area contributed by atoms with Crippen molar-refractivity contribution in [3.8, 4) is 67.5 Å². The quantitative estimate of drug-likeness (QED) is 0.139. The van der Waals surface area contributed by atoms with Crippen molar-refractivity contribution in [1.29, 1.82) is 0 Å². The molecule has 0 unspecified atom stereocenters. The molecule has 0 aliphatic rings. The molecule has 1 N–H and O–H groups in total. The Kier molecular flexibility index (Phi) is 11.8. The fourth-order valence-corrected chi connectivity index (χ4v) is 8.44. The molecule has 8 rings (SSSR count). The Labute approximate surface area is 409 Å². The van der Waals surface area contributed by atoms with E-state index in [9.17, 15) is 5.11 Å². The predicted octanol–water partition coefficient (Wildman–Crippen LogP) is 16.7. The van der Waals surface area contributed by atoms with Crippen LogP contribution in [-0.2, 0) is 26.5 Å². The fraction of sp³-hybridized carbons (Fsp3) is 0.300. The van der Waals surface area contributed by atoms with Gasteiger partial charge in [-0.25, -0.2) is 4.98 Å². The molecule has 0 aliphatic heterocycles. The number of aryl methyl sites for hydroxylation is 2. The summed E-state index contributed by atoms with van der Waals surface area (Å²) in [6, 6.07) is 41.9. The van der Waals surface area contributed by atoms with Gasteiger partial charge in [-0.1, -0.05) is 166 Å². The number of phenolic OH excluding ortho intramolecular Hbond substituents is 1. The SMILES string of the molecule is [2H]C([2H])([2H])c1cc(-c2cc(C([2H])(C)C)cc(C([2H])(C)C)c2)ccc1-n1c(-c2cc(C(C)C)cc(C(C)C)c2O)nc2c(-c3[c-]c(-c4cc(-c5ccc(C)cc5)ccn4)cc(C(C)(C)C)c3)cccc21.[Pt]. The van der Waals surface area contributed by atoms with Gasteiger partial charge < -0.3 is 5.11 Å². The Hall–Kier alpha value is -5.57. The molecular weight excluding hydrogens is 974 g/mol. The topological polar surface area (TPSA) is 50.9 Å². The zero-order chi connectivity index (χ0) is 50.1. The normalized spacial score (nSPS) is 13.6. The van der Waals surface area contributed by atoms with Gasteiger partial charge in [-0.3, -0.25) is 9.55 Å². The van der Waals surface area contributed by atoms with Crippen LogP contribution in [0.25, 0.3) is 72.7 Å². The Morgan fingerprint density at radius 1 is 0.662 bits per heavy atom. The van der Waals surface area contributed by atoms with Gasteiger partial charge >= 0.3 is 0 Å². The van der Waals surface area contributed by atoms with E-state index in [1.807, 2.05) is 99.1 Å². The second-order valence-electron chi connectivity index (χ2n) is 19.5. The standard InChI is InChI=1S/C60H64N3O.Pt/c1-35(2)44-26-45(36(3)4)28-47(27-44)42-21-22-55(40(10)25-42)63-56-16-14-15-51(57(56)62-59(63)53-33-46(37(5)6)32-52(38(7)8)58(53)64)48-29-49(31-50(30-48)60(11,12)13)54-34-43(23-24-61-54)41-19-17-39(9)18-20-41;/h14-28,30-38,64H,1-13H3;/q-1;/i10D3,35D,36D;. The van der Waals surface area contributed by atoms with E-state index in [1.54, 1.807) is 6.07 Å². The average Bonchev–Trinajstić information content (AvgIpc) is 3.67. The Morgan fingerprint density at radius 2 is 1.32 bits per heavy atom. The van der Waals surface area contributed by atoms with E-state index < -0.39 is 18.6 Å². The van der Waals surface area contributed by atoms with Crippen LogP contribution >= 0.6 is 0 Å². The van der Waals surface area contributed by atoms with Crippen LogP contribution in [0.5, 0.6) is 5.75 Å². The predicted molar refractivity (Wildman–Crippen MR) is 271 cm³/mol. The summed E-state index contributed by atoms with van der Waals surface area (Å²) in [5, 5.41) is 12.3. The van der Waals surface area contributed by atoms with E-state index in [0.29, 0.717) is 33.7 Å². The van der Waals surface area contributed by atoms with E-state index in [-0.39, 0.29) is 49.6 Å². The number of aromatic nitrogens is 3. The van der Waals surface area contributed by atoms with Gasteiger partial charge in [-0.15, -0.1) is 29.3 Å². The smallest absolute Gasteiger partial charge is 0.148 e. The van der Waals surface area contributed by atoms with Crippen LogP contribution in [-0.4, -0.2) is 19.6 Å². The van der Waals surface area contributed by atoms with E-state index in [0.717, 1.165) is 66.9 Å². The molecule has 0 amide bonds. The number of benzene rings is 6. The molecule has 0 saturated heterocycles. The number of para-hydroxylation sites is 1. The Bertz CT molecular complexity index is 3200. The number of hydrogen-bond acceptors (Lipinski definition) is 3. The first kappa shape index (κ1) is 40.9. The monoisotopic (exact) mass is 1040 g/mol. The summed E-state index contributed by atoms with van der Waals surface area (Å²) in [6.45, 7) is 21.7. The van der Waals surface area contributed by atoms with Crippen LogP contribution in [0.1, 0.15) is 146 Å². The number of nitrogens with zero attached hydrogens (tertiary/aromatic N) is 3. The van der Waals surface area contributed by atoms with Crippen molar-refractivity contribution in [2.24, 2.45) is 0 Å². The van der Waals surface area contributed by atoms with Crippen LogP contribution in [0, 0.1) is 19.8 Å². The molecule has 2 aromatic heterocycles. The molecule has 6 aromatic carbocycles. The van der Waals surface area contributed by atoms with Crippen molar-refractivity contribution in [3.05, 3.63) is 166 Å². The molecule has 0 aliphatic carbocycles. The fourth-order valence-electron chi connectivity index (χ4n) is 8.44. The van der Waals surface area contributed by atoms with Crippen LogP contribution in [0.2, 0.25) is 0 Å². The summed E-state index contributed by atoms with van der Waals surface area (Å²) in [6.07, 6.45) is 1.84. The van der Waals surface area contributed by atoms with E-state index in [2.05, 4.69) is 110 Å². The molecule has 0 bridgehead atoms. The van der Waals surface area contributed by atoms with Crippen molar-refractivity contribution in [2.45, 2.75) is 119 Å². The van der Waals surface area contributed by atoms with Crippen LogP contribution in [0.15, 0.2) is 121 Å². The maximum Gasteiger partial charge on any atom is 0.148 e. The summed E-state index contributed by atoms with van der Waals surface area (Å²) in [7, 11) is 0.